The van der Waals surface area contributed by atoms with Gasteiger partial charge < -0.3 is 5.11 Å². The van der Waals surface area contributed by atoms with Crippen molar-refractivity contribution in [2.45, 2.75) is 6.92 Å². The van der Waals surface area contributed by atoms with Crippen molar-refractivity contribution in [3.05, 3.63) is 41.0 Å². The number of aromatic nitrogens is 4. The summed E-state index contributed by atoms with van der Waals surface area (Å²) in [7, 11) is 1.59. The molecule has 0 unspecified atom stereocenters. The van der Waals surface area contributed by atoms with E-state index in [1.165, 1.54) is 10.9 Å². The highest BCUT2D eigenvalue weighted by Gasteiger charge is 2.10. The van der Waals surface area contributed by atoms with Gasteiger partial charge >= 0.3 is 5.97 Å². The standard InChI is InChI=1S/C13H13N5O3/c1-8-7-10(4-3-9(8)5-6-11(19)20)12(21)14-13-15-17-18(2)16-13/h3-7H,1-2H3,(H,19,20)(H,14,16,21)/b6-5+. The number of carboxylic acids is 1. The Bertz CT molecular complexity index is 720. The van der Waals surface area contributed by atoms with Crippen LogP contribution >= 0.6 is 0 Å². The van der Waals surface area contributed by atoms with Crippen LogP contribution in [0.1, 0.15) is 21.5 Å². The predicted molar refractivity (Wildman–Crippen MR) is 74.6 cm³/mol. The van der Waals surface area contributed by atoms with E-state index < -0.39 is 5.97 Å². The maximum Gasteiger partial charge on any atom is 0.328 e. The molecule has 1 heterocycles. The summed E-state index contributed by atoms with van der Waals surface area (Å²) in [6.07, 6.45) is 2.52. The summed E-state index contributed by atoms with van der Waals surface area (Å²) in [6.45, 7) is 1.79. The van der Waals surface area contributed by atoms with E-state index in [4.69, 9.17) is 5.11 Å². The molecule has 1 aromatic heterocycles. The van der Waals surface area contributed by atoms with Crippen LogP contribution in [0, 0.1) is 6.92 Å². The van der Waals surface area contributed by atoms with E-state index in [2.05, 4.69) is 20.7 Å². The Labute approximate surface area is 120 Å². The Morgan fingerprint density at radius 3 is 2.71 bits per heavy atom. The molecule has 8 heteroatoms. The first-order valence-corrected chi connectivity index (χ1v) is 6.02. The molecule has 0 aliphatic carbocycles. The van der Waals surface area contributed by atoms with Gasteiger partial charge in [0.2, 0.25) is 0 Å². The third-order valence-corrected chi connectivity index (χ3v) is 2.67. The van der Waals surface area contributed by atoms with Gasteiger partial charge in [-0.1, -0.05) is 11.2 Å². The average molecular weight is 287 g/mol. The largest absolute Gasteiger partial charge is 0.478 e. The van der Waals surface area contributed by atoms with E-state index in [9.17, 15) is 9.59 Å². The predicted octanol–water partition coefficient (Wildman–Crippen LogP) is 0.869. The number of nitrogens with zero attached hydrogens (tertiary/aromatic N) is 4. The van der Waals surface area contributed by atoms with Gasteiger partial charge in [0.1, 0.15) is 0 Å². The van der Waals surface area contributed by atoms with Crippen LogP contribution in [-0.4, -0.2) is 37.2 Å². The maximum atomic E-state index is 12.0. The summed E-state index contributed by atoms with van der Waals surface area (Å²) in [5, 5.41) is 22.2. The van der Waals surface area contributed by atoms with Gasteiger partial charge in [0.15, 0.2) is 0 Å². The van der Waals surface area contributed by atoms with Gasteiger partial charge in [-0.15, -0.1) is 5.10 Å². The van der Waals surface area contributed by atoms with E-state index in [0.717, 1.165) is 17.2 Å². The van der Waals surface area contributed by atoms with E-state index in [0.29, 0.717) is 5.56 Å². The molecule has 1 amide bonds. The number of rotatable bonds is 4. The van der Waals surface area contributed by atoms with E-state index in [1.807, 2.05) is 0 Å². The highest BCUT2D eigenvalue weighted by molar-refractivity contribution is 6.03. The topological polar surface area (TPSA) is 110 Å². The van der Waals surface area contributed by atoms with Gasteiger partial charge in [0, 0.05) is 11.6 Å². The number of aliphatic carboxylic acids is 1. The molecular formula is C13H13N5O3. The van der Waals surface area contributed by atoms with E-state index in [1.54, 1.807) is 32.2 Å². The van der Waals surface area contributed by atoms with Gasteiger partial charge in [-0.2, -0.15) is 4.80 Å². The average Bonchev–Trinajstić information content (AvgIpc) is 2.82. The molecule has 0 bridgehead atoms. The zero-order chi connectivity index (χ0) is 15.4. The smallest absolute Gasteiger partial charge is 0.328 e. The second-order valence-electron chi connectivity index (χ2n) is 4.30. The van der Waals surface area contributed by atoms with Crippen LogP contribution in [0.15, 0.2) is 24.3 Å². The van der Waals surface area contributed by atoms with Crippen LogP contribution in [0.25, 0.3) is 6.08 Å². The third-order valence-electron chi connectivity index (χ3n) is 2.67. The normalized spacial score (nSPS) is 10.8. The third kappa shape index (κ3) is 3.72. The first kappa shape index (κ1) is 14.4. The SMILES string of the molecule is Cc1cc(C(=O)Nc2nnn(C)n2)ccc1/C=C/C(=O)O. The number of amides is 1. The number of hydrogen-bond acceptors (Lipinski definition) is 5. The fraction of sp³-hybridized carbons (Fsp3) is 0.154. The zero-order valence-electron chi connectivity index (χ0n) is 11.4. The second-order valence-corrected chi connectivity index (χ2v) is 4.30. The van der Waals surface area contributed by atoms with Gasteiger partial charge in [-0.3, -0.25) is 10.1 Å². The molecule has 0 aliphatic heterocycles. The van der Waals surface area contributed by atoms with Crippen LogP contribution in [0.2, 0.25) is 0 Å². The number of carbonyl (C=O) groups excluding carboxylic acids is 1. The van der Waals surface area contributed by atoms with Crippen molar-refractivity contribution < 1.29 is 14.7 Å². The minimum Gasteiger partial charge on any atom is -0.478 e. The Hall–Kier alpha value is -3.03. The molecule has 108 valence electrons. The van der Waals surface area contributed by atoms with Crippen molar-refractivity contribution in [2.24, 2.45) is 7.05 Å². The van der Waals surface area contributed by atoms with Crippen LogP contribution in [0.3, 0.4) is 0 Å². The summed E-state index contributed by atoms with van der Waals surface area (Å²) in [6, 6.07) is 4.93. The van der Waals surface area contributed by atoms with Gasteiger partial charge in [0.25, 0.3) is 11.9 Å². The molecule has 0 saturated carbocycles. The fourth-order valence-electron chi connectivity index (χ4n) is 1.67. The number of benzene rings is 1. The quantitative estimate of drug-likeness (QED) is 0.807. The molecule has 2 N–H and O–H groups in total. The molecule has 1 aromatic carbocycles. The molecule has 0 spiro atoms. The lowest BCUT2D eigenvalue weighted by Gasteiger charge is -2.04. The molecule has 0 radical (unpaired) electrons. The van der Waals surface area contributed by atoms with Crippen molar-refractivity contribution in [2.75, 3.05) is 5.32 Å². The Balaban J connectivity index is 2.15. The van der Waals surface area contributed by atoms with Crippen molar-refractivity contribution in [3.8, 4) is 0 Å². The van der Waals surface area contributed by atoms with Crippen molar-refractivity contribution in [1.82, 2.24) is 20.2 Å². The molecule has 2 rings (SSSR count). The lowest BCUT2D eigenvalue weighted by molar-refractivity contribution is -0.131. The highest BCUT2D eigenvalue weighted by atomic mass is 16.4. The summed E-state index contributed by atoms with van der Waals surface area (Å²) >= 11 is 0. The molecule has 8 nitrogen and oxygen atoms in total. The molecule has 0 saturated heterocycles. The molecule has 0 atom stereocenters. The maximum absolute atomic E-state index is 12.0. The van der Waals surface area contributed by atoms with Crippen LogP contribution < -0.4 is 5.32 Å². The Morgan fingerprint density at radius 2 is 2.14 bits per heavy atom. The van der Waals surface area contributed by atoms with Crippen LogP contribution in [0.5, 0.6) is 0 Å². The monoisotopic (exact) mass is 287 g/mol. The lowest BCUT2D eigenvalue weighted by Crippen LogP contribution is -2.13. The van der Waals surface area contributed by atoms with E-state index in [-0.39, 0.29) is 11.9 Å². The Kier molecular flexibility index (Phi) is 4.07. The molecule has 21 heavy (non-hydrogen) atoms. The van der Waals surface area contributed by atoms with Crippen LogP contribution in [0.4, 0.5) is 5.95 Å². The zero-order valence-corrected chi connectivity index (χ0v) is 11.4. The molecule has 0 aliphatic rings. The number of carboxylic acid groups (broad SMARTS) is 1. The van der Waals surface area contributed by atoms with Gasteiger partial charge in [0.05, 0.1) is 7.05 Å². The molecular weight excluding hydrogens is 274 g/mol. The number of tetrazole rings is 1. The molecule has 0 fully saturated rings. The summed E-state index contributed by atoms with van der Waals surface area (Å²) < 4.78 is 0. The van der Waals surface area contributed by atoms with Crippen LogP contribution in [-0.2, 0) is 11.8 Å². The number of aryl methyl sites for hydroxylation is 2. The summed E-state index contributed by atoms with van der Waals surface area (Å²) in [4.78, 5) is 23.7. The first-order chi connectivity index (χ1) is 9.95. The summed E-state index contributed by atoms with van der Waals surface area (Å²) in [5.41, 5.74) is 1.94. The number of anilines is 1. The highest BCUT2D eigenvalue weighted by Crippen LogP contribution is 2.13. The number of hydrogen-bond donors (Lipinski definition) is 2. The van der Waals surface area contributed by atoms with E-state index >= 15 is 0 Å². The lowest BCUT2D eigenvalue weighted by atomic mass is 10.0. The number of nitrogens with one attached hydrogen (secondary N) is 1. The van der Waals surface area contributed by atoms with Crippen molar-refractivity contribution >= 4 is 23.9 Å². The van der Waals surface area contributed by atoms with Gasteiger partial charge in [-0.25, -0.2) is 4.79 Å². The molecule has 2 aromatic rings. The first-order valence-electron chi connectivity index (χ1n) is 6.02. The van der Waals surface area contributed by atoms with Crippen molar-refractivity contribution in [3.63, 3.8) is 0 Å². The van der Waals surface area contributed by atoms with Gasteiger partial charge in [-0.05, 0) is 41.5 Å². The van der Waals surface area contributed by atoms with Crippen molar-refractivity contribution in [1.29, 1.82) is 0 Å². The Morgan fingerprint density at radius 1 is 1.38 bits per heavy atom. The number of carbonyl (C=O) groups is 2. The minimum atomic E-state index is -1.02. The second kappa shape index (κ2) is 5.95. The summed E-state index contributed by atoms with van der Waals surface area (Å²) in [5.74, 6) is -1.26. The minimum absolute atomic E-state index is 0.120. The fourth-order valence-corrected chi connectivity index (χ4v) is 1.67.